The summed E-state index contributed by atoms with van der Waals surface area (Å²) in [6.45, 7) is 5.97. The molecule has 0 heterocycles. The number of aliphatic hydroxyl groups is 1. The smallest absolute Gasteiger partial charge is 0.386 e. The zero-order chi connectivity index (χ0) is 28.6. The van der Waals surface area contributed by atoms with Gasteiger partial charge in [0.15, 0.2) is 0 Å². The number of nitrogens with one attached hydrogen (secondary N) is 2. The highest BCUT2D eigenvalue weighted by atomic mass is 32.2. The van der Waals surface area contributed by atoms with Gasteiger partial charge >= 0.3 is 10.2 Å². The van der Waals surface area contributed by atoms with Crippen molar-refractivity contribution in [2.75, 3.05) is 19.6 Å². The molecule has 1 aliphatic rings. The molecule has 2 aromatic carbocycles. The fraction of sp³-hybridized carbons (Fsp3) is 0.552. The molecule has 1 fully saturated rings. The second-order valence-electron chi connectivity index (χ2n) is 10.5. The number of carbonyl (C=O) groups excluding carboxylic acids is 1. The van der Waals surface area contributed by atoms with Crippen molar-refractivity contribution >= 4 is 16.1 Å². The lowest BCUT2D eigenvalue weighted by molar-refractivity contribution is -0.838. The molecule has 3 rings (SSSR count). The summed E-state index contributed by atoms with van der Waals surface area (Å²) >= 11 is 0. The molecule has 0 aromatic heterocycles. The second kappa shape index (κ2) is 13.8. The highest BCUT2D eigenvalue weighted by Gasteiger charge is 2.51. The Balaban J connectivity index is 1.94. The van der Waals surface area contributed by atoms with Gasteiger partial charge in [-0.1, -0.05) is 45.0 Å². The minimum Gasteiger partial charge on any atom is -0.386 e. The third kappa shape index (κ3) is 8.06. The van der Waals surface area contributed by atoms with E-state index in [2.05, 4.69) is 22.2 Å². The average molecular weight is 567 g/mol. The molecule has 1 saturated carbocycles. The minimum absolute atomic E-state index is 0.0265. The van der Waals surface area contributed by atoms with E-state index in [-0.39, 0.29) is 38.0 Å². The lowest BCUT2D eigenvalue weighted by Crippen LogP contribution is -2.68. The summed E-state index contributed by atoms with van der Waals surface area (Å²) in [5.74, 6) is -1.60. The molecule has 0 spiro atoms. The average Bonchev–Trinajstić information content (AvgIpc) is 3.72. The third-order valence-corrected chi connectivity index (χ3v) is 9.42. The summed E-state index contributed by atoms with van der Waals surface area (Å²) in [5, 5.41) is 14.8. The van der Waals surface area contributed by atoms with E-state index in [4.69, 9.17) is 0 Å². The van der Waals surface area contributed by atoms with Gasteiger partial charge in [-0.3, -0.25) is 4.79 Å². The normalized spacial score (nSPS) is 15.6. The molecule has 7 nitrogen and oxygen atoms in total. The monoisotopic (exact) mass is 566 g/mol. The Morgan fingerprint density at radius 2 is 1.67 bits per heavy atom. The summed E-state index contributed by atoms with van der Waals surface area (Å²) in [5.41, 5.74) is 2.58. The number of halogens is 2. The number of amides is 1. The van der Waals surface area contributed by atoms with Gasteiger partial charge in [0.2, 0.25) is 5.91 Å². The predicted molar refractivity (Wildman–Crippen MR) is 148 cm³/mol. The van der Waals surface area contributed by atoms with Gasteiger partial charge in [-0.15, -0.1) is 0 Å². The van der Waals surface area contributed by atoms with E-state index < -0.39 is 43.8 Å². The van der Waals surface area contributed by atoms with Crippen LogP contribution in [-0.2, 0) is 28.0 Å². The van der Waals surface area contributed by atoms with Crippen LogP contribution >= 0.6 is 0 Å². The maximum absolute atomic E-state index is 14.1. The van der Waals surface area contributed by atoms with Gasteiger partial charge in [-0.2, -0.15) is 12.3 Å². The van der Waals surface area contributed by atoms with Gasteiger partial charge in [0.25, 0.3) is 0 Å². The van der Waals surface area contributed by atoms with Gasteiger partial charge in [0, 0.05) is 32.0 Å². The molecule has 2 unspecified atom stereocenters. The number of rotatable bonds is 16. The summed E-state index contributed by atoms with van der Waals surface area (Å²) < 4.78 is 57.5. The molecule has 0 bridgehead atoms. The van der Waals surface area contributed by atoms with E-state index >= 15 is 0 Å². The third-order valence-electron chi connectivity index (χ3n) is 7.34. The van der Waals surface area contributed by atoms with Crippen LogP contribution in [0, 0.1) is 11.6 Å². The summed E-state index contributed by atoms with van der Waals surface area (Å²) in [6.07, 6.45) is 1.95. The first-order chi connectivity index (χ1) is 18.5. The molecule has 10 heteroatoms. The van der Waals surface area contributed by atoms with Crippen LogP contribution in [0.2, 0.25) is 0 Å². The quantitative estimate of drug-likeness (QED) is 0.263. The molecule has 39 heavy (non-hydrogen) atoms. The van der Waals surface area contributed by atoms with Crippen molar-refractivity contribution in [3.8, 4) is 0 Å². The molecule has 0 aliphatic heterocycles. The van der Waals surface area contributed by atoms with Crippen LogP contribution in [0.15, 0.2) is 42.5 Å². The van der Waals surface area contributed by atoms with Crippen molar-refractivity contribution in [3.63, 3.8) is 0 Å². The van der Waals surface area contributed by atoms with Gasteiger partial charge in [0.05, 0.1) is 13.1 Å². The predicted octanol–water partition coefficient (Wildman–Crippen LogP) is 4.31. The zero-order valence-electron chi connectivity index (χ0n) is 23.1. The first kappa shape index (κ1) is 31.1. The number of carbonyl (C=O) groups is 1. The number of benzene rings is 2. The van der Waals surface area contributed by atoms with Gasteiger partial charge in [-0.25, -0.2) is 13.5 Å². The van der Waals surface area contributed by atoms with Crippen LogP contribution in [0.25, 0.3) is 0 Å². The lowest BCUT2D eigenvalue weighted by atomic mass is 9.98. The van der Waals surface area contributed by atoms with Gasteiger partial charge in [-0.05, 0) is 60.4 Å². The molecule has 1 aliphatic carbocycles. The van der Waals surface area contributed by atoms with Crippen LogP contribution in [0.5, 0.6) is 0 Å². The van der Waals surface area contributed by atoms with Crippen molar-refractivity contribution in [1.82, 2.24) is 10.0 Å². The Morgan fingerprint density at radius 1 is 1.03 bits per heavy atom. The second-order valence-corrected chi connectivity index (χ2v) is 12.4. The summed E-state index contributed by atoms with van der Waals surface area (Å²) in [7, 11) is -4.33. The van der Waals surface area contributed by atoms with Crippen molar-refractivity contribution in [2.45, 2.75) is 83.9 Å². The molecular weight excluding hydrogens is 524 g/mol. The van der Waals surface area contributed by atoms with E-state index in [9.17, 15) is 27.1 Å². The van der Waals surface area contributed by atoms with Crippen LogP contribution in [0.4, 0.5) is 8.78 Å². The summed E-state index contributed by atoms with van der Waals surface area (Å²) in [6, 6.07) is 10.3. The van der Waals surface area contributed by atoms with Gasteiger partial charge < -0.3 is 10.4 Å². The van der Waals surface area contributed by atoms with Crippen molar-refractivity contribution in [2.24, 2.45) is 0 Å². The highest BCUT2D eigenvalue weighted by Crippen LogP contribution is 2.40. The number of hydrogen-bond donors (Lipinski definition) is 3. The van der Waals surface area contributed by atoms with Crippen molar-refractivity contribution in [3.05, 3.63) is 70.8 Å². The van der Waals surface area contributed by atoms with Crippen molar-refractivity contribution in [1.29, 1.82) is 0 Å². The molecule has 3 N–H and O–H groups in total. The van der Waals surface area contributed by atoms with E-state index in [0.717, 1.165) is 23.8 Å². The maximum atomic E-state index is 14.1. The fourth-order valence-corrected chi connectivity index (χ4v) is 7.42. The molecule has 2 atom stereocenters. The number of nitrogens with zero attached hydrogens (tertiary/aromatic N) is 1. The first-order valence-electron chi connectivity index (χ1n) is 13.9. The van der Waals surface area contributed by atoms with Crippen LogP contribution in [0.3, 0.4) is 0 Å². The fourth-order valence-electron chi connectivity index (χ4n) is 5.39. The molecule has 216 valence electrons. The molecule has 1 amide bonds. The highest BCUT2D eigenvalue weighted by molar-refractivity contribution is 7.84. The Kier molecular flexibility index (Phi) is 11.0. The Bertz CT molecular complexity index is 1190. The summed E-state index contributed by atoms with van der Waals surface area (Å²) in [4.78, 5) is 12.3. The van der Waals surface area contributed by atoms with E-state index in [1.165, 1.54) is 18.4 Å². The number of quaternary nitrogens is 1. The van der Waals surface area contributed by atoms with E-state index in [0.29, 0.717) is 25.3 Å². The Hall–Kier alpha value is -2.40. The maximum Gasteiger partial charge on any atom is 0.396 e. The Morgan fingerprint density at radius 3 is 2.23 bits per heavy atom. The van der Waals surface area contributed by atoms with Crippen LogP contribution in [-0.4, -0.2) is 55.1 Å². The van der Waals surface area contributed by atoms with E-state index in [1.54, 1.807) is 6.92 Å². The standard InChI is InChI=1S/C29H41F2N3O4S/c1-4-12-34(13-5-2,39(37,38)33-29(36)6-3)27(17-22-15-25(30)18-26(31)16-22)28(35)20-32-19-21-8-7-9-24(14-21)23-10-11-23/h7-9,14-16,18,23,27-28,32,35H,4-6,10-13,17,19-20H2,1-3H3/p+1. The van der Waals surface area contributed by atoms with E-state index in [1.807, 2.05) is 26.0 Å². The van der Waals surface area contributed by atoms with Crippen molar-refractivity contribution < 1.29 is 31.0 Å². The minimum atomic E-state index is -4.33. The topological polar surface area (TPSA) is 95.5 Å². The van der Waals surface area contributed by atoms with Gasteiger partial charge in [0.1, 0.15) is 23.8 Å². The first-order valence-corrected chi connectivity index (χ1v) is 15.3. The molecule has 0 radical (unpaired) electrons. The SMILES string of the molecule is CCC[N+](CCC)(C(Cc1cc(F)cc(F)c1)C(O)CNCc1cccc(C2CC2)c1)S(=O)(=O)NC(=O)CC. The van der Waals surface area contributed by atoms with Crippen LogP contribution < -0.4 is 10.0 Å². The zero-order valence-corrected chi connectivity index (χ0v) is 23.9. The Labute approximate surface area is 231 Å². The number of hydrogen-bond acceptors (Lipinski definition) is 5. The largest absolute Gasteiger partial charge is 0.396 e. The van der Waals surface area contributed by atoms with Crippen LogP contribution in [0.1, 0.15) is 75.5 Å². The number of aliphatic hydroxyl groups excluding tert-OH is 1. The molecule has 2 aromatic rings. The molecule has 0 saturated heterocycles. The molecular formula is C29H42F2N3O4S+. The lowest BCUT2D eigenvalue weighted by Gasteiger charge is -2.44.